The molecule has 1 aromatic heterocycles. The molecule has 0 spiro atoms. The monoisotopic (exact) mass is 376 g/mol. The number of allylic oxidation sites excluding steroid dienone is 1. The van der Waals surface area contributed by atoms with Crippen molar-refractivity contribution in [1.29, 1.82) is 0 Å². The van der Waals surface area contributed by atoms with E-state index in [4.69, 9.17) is 14.2 Å². The number of nitrogens with one attached hydrogen (secondary N) is 1. The van der Waals surface area contributed by atoms with Crippen molar-refractivity contribution in [3.05, 3.63) is 64.9 Å². The lowest BCUT2D eigenvalue weighted by atomic mass is 10.1. The zero-order valence-electron chi connectivity index (χ0n) is 15.9. The molecule has 0 saturated carbocycles. The van der Waals surface area contributed by atoms with Gasteiger partial charge in [-0.2, -0.15) is 5.10 Å². The molecule has 1 heterocycles. The zero-order valence-corrected chi connectivity index (χ0v) is 15.9. The van der Waals surface area contributed by atoms with Crippen LogP contribution in [0.5, 0.6) is 17.2 Å². The number of carbonyl (C=O) groups is 1. The van der Waals surface area contributed by atoms with Gasteiger partial charge >= 0.3 is 0 Å². The normalized spacial score (nSPS) is 14.2. The Balaban J connectivity index is 1.61. The minimum atomic E-state index is 0.0416. The molecular weight excluding hydrogens is 356 g/mol. The third-order valence-electron chi connectivity index (χ3n) is 4.84. The Morgan fingerprint density at radius 3 is 2.54 bits per heavy atom. The quantitative estimate of drug-likeness (QED) is 0.683. The van der Waals surface area contributed by atoms with Gasteiger partial charge in [-0.05, 0) is 54.1 Å². The number of H-pyrrole nitrogens is 1. The average Bonchev–Trinajstić information content (AvgIpc) is 3.32. The van der Waals surface area contributed by atoms with Crippen LogP contribution in [0.3, 0.4) is 0 Å². The van der Waals surface area contributed by atoms with Gasteiger partial charge in [0.25, 0.3) is 0 Å². The van der Waals surface area contributed by atoms with Crippen molar-refractivity contribution in [2.24, 2.45) is 0 Å². The summed E-state index contributed by atoms with van der Waals surface area (Å²) < 4.78 is 15.9. The summed E-state index contributed by atoms with van der Waals surface area (Å²) in [5, 5.41) is 7.36. The van der Waals surface area contributed by atoms with Crippen molar-refractivity contribution in [1.82, 2.24) is 10.2 Å². The highest BCUT2D eigenvalue weighted by atomic mass is 16.5. The standard InChI is InChI=1S/C22H20N2O4/c1-26-17-5-6-18-14(10-17)8-15(22(18)25)9-16-12-19(24-23-16)13-4-7-20(27-2)21(11-13)28-3/h4-7,9-12H,8H2,1-3H3,(H,23,24). The maximum atomic E-state index is 12.7. The van der Waals surface area contributed by atoms with Crippen LogP contribution in [0.15, 0.2) is 48.0 Å². The Hall–Kier alpha value is -3.54. The molecule has 2 aromatic carbocycles. The van der Waals surface area contributed by atoms with Crippen LogP contribution in [-0.2, 0) is 6.42 Å². The molecule has 1 N–H and O–H groups in total. The number of benzene rings is 2. The van der Waals surface area contributed by atoms with Gasteiger partial charge in [-0.3, -0.25) is 9.89 Å². The molecule has 0 radical (unpaired) electrons. The number of hydrogen-bond acceptors (Lipinski definition) is 5. The minimum absolute atomic E-state index is 0.0416. The summed E-state index contributed by atoms with van der Waals surface area (Å²) in [5.41, 5.74) is 4.86. The van der Waals surface area contributed by atoms with Gasteiger partial charge in [0.05, 0.1) is 32.7 Å². The van der Waals surface area contributed by atoms with Crippen LogP contribution in [0.4, 0.5) is 0 Å². The van der Waals surface area contributed by atoms with Crippen molar-refractivity contribution >= 4 is 11.9 Å². The average molecular weight is 376 g/mol. The van der Waals surface area contributed by atoms with Crippen LogP contribution >= 0.6 is 0 Å². The number of Topliss-reactive ketones (excluding diaryl/α,β-unsaturated/α-hetero) is 1. The van der Waals surface area contributed by atoms with E-state index in [1.165, 1.54) is 0 Å². The molecule has 1 aliphatic rings. The van der Waals surface area contributed by atoms with Crippen molar-refractivity contribution < 1.29 is 19.0 Å². The summed E-state index contributed by atoms with van der Waals surface area (Å²) in [6.07, 6.45) is 2.43. The third kappa shape index (κ3) is 3.13. The highest BCUT2D eigenvalue weighted by Gasteiger charge is 2.25. The Labute approximate surface area is 162 Å². The summed E-state index contributed by atoms with van der Waals surface area (Å²) in [7, 11) is 4.82. The predicted octanol–water partition coefficient (Wildman–Crippen LogP) is 3.92. The fourth-order valence-electron chi connectivity index (χ4n) is 3.38. The van der Waals surface area contributed by atoms with Crippen molar-refractivity contribution in [2.45, 2.75) is 6.42 Å². The molecule has 3 aromatic rings. The number of carbonyl (C=O) groups excluding carboxylic acids is 1. The summed E-state index contributed by atoms with van der Waals surface area (Å²) in [5.74, 6) is 2.09. The third-order valence-corrected chi connectivity index (χ3v) is 4.84. The molecule has 1 aliphatic carbocycles. The van der Waals surface area contributed by atoms with Crippen molar-refractivity contribution in [3.63, 3.8) is 0 Å². The van der Waals surface area contributed by atoms with E-state index in [0.29, 0.717) is 17.9 Å². The maximum absolute atomic E-state index is 12.7. The number of aromatic amines is 1. The fraction of sp³-hybridized carbons (Fsp3) is 0.182. The molecule has 0 unspecified atom stereocenters. The van der Waals surface area contributed by atoms with Crippen molar-refractivity contribution in [3.8, 4) is 28.5 Å². The van der Waals surface area contributed by atoms with E-state index in [2.05, 4.69) is 10.2 Å². The van der Waals surface area contributed by atoms with Gasteiger partial charge < -0.3 is 14.2 Å². The van der Waals surface area contributed by atoms with E-state index in [0.717, 1.165) is 39.4 Å². The van der Waals surface area contributed by atoms with Crippen LogP contribution in [-0.4, -0.2) is 37.3 Å². The predicted molar refractivity (Wildman–Crippen MR) is 106 cm³/mol. The SMILES string of the molecule is COc1ccc2c(c1)CC(=Cc1cc(-c3ccc(OC)c(OC)c3)n[nH]1)C2=O. The smallest absolute Gasteiger partial charge is 0.189 e. The van der Waals surface area contributed by atoms with Gasteiger partial charge in [-0.25, -0.2) is 0 Å². The van der Waals surface area contributed by atoms with E-state index in [-0.39, 0.29) is 5.78 Å². The number of fused-ring (bicyclic) bond motifs is 1. The Morgan fingerprint density at radius 2 is 1.79 bits per heavy atom. The number of ether oxygens (including phenoxy) is 3. The molecule has 0 amide bonds. The highest BCUT2D eigenvalue weighted by Crippen LogP contribution is 2.33. The second kappa shape index (κ2) is 7.23. The molecule has 0 aliphatic heterocycles. The van der Waals surface area contributed by atoms with Crippen LogP contribution in [0.25, 0.3) is 17.3 Å². The molecule has 6 heteroatoms. The lowest BCUT2D eigenvalue weighted by Crippen LogP contribution is -1.95. The number of methoxy groups -OCH3 is 3. The number of hydrogen-bond donors (Lipinski definition) is 1. The summed E-state index contributed by atoms with van der Waals surface area (Å²) in [6.45, 7) is 0. The molecule has 4 rings (SSSR count). The molecular formula is C22H20N2O4. The first kappa shape index (κ1) is 17.9. The van der Waals surface area contributed by atoms with Crippen LogP contribution in [0, 0.1) is 0 Å². The molecule has 0 fully saturated rings. The van der Waals surface area contributed by atoms with E-state index in [1.54, 1.807) is 21.3 Å². The largest absolute Gasteiger partial charge is 0.497 e. The Morgan fingerprint density at radius 1 is 0.964 bits per heavy atom. The number of rotatable bonds is 5. The second-order valence-corrected chi connectivity index (χ2v) is 6.48. The second-order valence-electron chi connectivity index (χ2n) is 6.48. The molecule has 28 heavy (non-hydrogen) atoms. The lowest BCUT2D eigenvalue weighted by Gasteiger charge is -2.08. The summed E-state index contributed by atoms with van der Waals surface area (Å²) >= 11 is 0. The van der Waals surface area contributed by atoms with Crippen LogP contribution in [0.1, 0.15) is 21.6 Å². The van der Waals surface area contributed by atoms with Crippen LogP contribution in [0.2, 0.25) is 0 Å². The Kier molecular flexibility index (Phi) is 4.61. The summed E-state index contributed by atoms with van der Waals surface area (Å²) in [4.78, 5) is 12.7. The lowest BCUT2D eigenvalue weighted by molar-refractivity contribution is 0.104. The Bertz CT molecular complexity index is 1080. The van der Waals surface area contributed by atoms with E-state index in [1.807, 2.05) is 48.5 Å². The first-order chi connectivity index (χ1) is 13.6. The zero-order chi connectivity index (χ0) is 19.7. The molecule has 0 atom stereocenters. The highest BCUT2D eigenvalue weighted by molar-refractivity contribution is 6.15. The topological polar surface area (TPSA) is 73.4 Å². The number of nitrogens with zero attached hydrogens (tertiary/aromatic N) is 1. The number of ketones is 1. The van der Waals surface area contributed by atoms with Gasteiger partial charge in [0, 0.05) is 23.1 Å². The molecule has 142 valence electrons. The van der Waals surface area contributed by atoms with Gasteiger partial charge in [-0.1, -0.05) is 0 Å². The maximum Gasteiger partial charge on any atom is 0.189 e. The molecule has 6 nitrogen and oxygen atoms in total. The first-order valence-corrected chi connectivity index (χ1v) is 8.83. The van der Waals surface area contributed by atoms with E-state index >= 15 is 0 Å². The molecule has 0 saturated heterocycles. The molecule has 0 bridgehead atoms. The van der Waals surface area contributed by atoms with Gasteiger partial charge in [0.15, 0.2) is 17.3 Å². The first-order valence-electron chi connectivity index (χ1n) is 8.83. The van der Waals surface area contributed by atoms with E-state index in [9.17, 15) is 4.79 Å². The summed E-state index contributed by atoms with van der Waals surface area (Å²) in [6, 6.07) is 13.1. The van der Waals surface area contributed by atoms with Crippen molar-refractivity contribution in [2.75, 3.05) is 21.3 Å². The van der Waals surface area contributed by atoms with Gasteiger partial charge in [0.2, 0.25) is 0 Å². The number of aromatic nitrogens is 2. The van der Waals surface area contributed by atoms with Gasteiger partial charge in [-0.15, -0.1) is 0 Å². The van der Waals surface area contributed by atoms with E-state index < -0.39 is 0 Å². The minimum Gasteiger partial charge on any atom is -0.497 e. The van der Waals surface area contributed by atoms with Gasteiger partial charge in [0.1, 0.15) is 5.75 Å². The fourth-order valence-corrected chi connectivity index (χ4v) is 3.38. The van der Waals surface area contributed by atoms with Crippen LogP contribution < -0.4 is 14.2 Å².